The third-order valence-corrected chi connectivity index (χ3v) is 2.40. The zero-order valence-electron chi connectivity index (χ0n) is 8.21. The smallest absolute Gasteiger partial charge is 0.344 e. The molecule has 0 aliphatic rings. The molecule has 0 heterocycles. The molecule has 86 valence electrons. The maximum Gasteiger partial charge on any atom is 0.344 e. The Morgan fingerprint density at radius 2 is 2.25 bits per heavy atom. The molecule has 1 aromatic carbocycles. The van der Waals surface area contributed by atoms with E-state index in [0.29, 0.717) is 4.47 Å². The largest absolute Gasteiger partial charge is 0.479 e. The molecular weight excluding hydrogens is 282 g/mol. The van der Waals surface area contributed by atoms with Crippen LogP contribution in [0.2, 0.25) is 0 Å². The van der Waals surface area contributed by atoms with Crippen molar-refractivity contribution in [3.63, 3.8) is 0 Å². The molecule has 16 heavy (non-hydrogen) atoms. The van der Waals surface area contributed by atoms with Gasteiger partial charge in [0.1, 0.15) is 5.75 Å². The zero-order chi connectivity index (χ0) is 12.3. The van der Waals surface area contributed by atoms with E-state index in [1.54, 1.807) is 0 Å². The summed E-state index contributed by atoms with van der Waals surface area (Å²) in [5, 5.41) is 19.1. The first kappa shape index (κ1) is 12.4. The van der Waals surface area contributed by atoms with Gasteiger partial charge in [0, 0.05) is 12.1 Å². The summed E-state index contributed by atoms with van der Waals surface area (Å²) in [7, 11) is 0. The van der Waals surface area contributed by atoms with Crippen LogP contribution in [0.15, 0.2) is 22.7 Å². The fourth-order valence-corrected chi connectivity index (χ4v) is 1.40. The maximum atomic E-state index is 10.5. The normalized spacial score (nSPS) is 11.9. The van der Waals surface area contributed by atoms with Crippen molar-refractivity contribution in [2.45, 2.75) is 13.0 Å². The predicted molar refractivity (Wildman–Crippen MR) is 58.5 cm³/mol. The predicted octanol–water partition coefficient (Wildman–Crippen LogP) is 2.21. The van der Waals surface area contributed by atoms with Crippen LogP contribution in [-0.2, 0) is 4.79 Å². The van der Waals surface area contributed by atoms with E-state index in [0.717, 1.165) is 0 Å². The minimum atomic E-state index is -1.11. The van der Waals surface area contributed by atoms with Crippen molar-refractivity contribution < 1.29 is 19.6 Å². The number of nitro benzene ring substituents is 1. The lowest BCUT2D eigenvalue weighted by Gasteiger charge is -2.11. The Morgan fingerprint density at radius 3 is 2.69 bits per heavy atom. The number of aliphatic carboxylic acids is 1. The first-order valence-electron chi connectivity index (χ1n) is 4.25. The van der Waals surface area contributed by atoms with E-state index in [9.17, 15) is 14.9 Å². The van der Waals surface area contributed by atoms with E-state index in [4.69, 9.17) is 9.84 Å². The number of ether oxygens (including phenoxy) is 1. The van der Waals surface area contributed by atoms with Crippen molar-refractivity contribution in [3.05, 3.63) is 32.8 Å². The van der Waals surface area contributed by atoms with Gasteiger partial charge in [-0.25, -0.2) is 4.79 Å². The molecule has 0 aliphatic carbocycles. The Balaban J connectivity index is 2.91. The SMILES string of the molecule is CC(Oc1ccc([N+](=O)[O-])cc1Br)C(=O)O. The second kappa shape index (κ2) is 4.93. The highest BCUT2D eigenvalue weighted by atomic mass is 79.9. The highest BCUT2D eigenvalue weighted by Crippen LogP contribution is 2.29. The van der Waals surface area contributed by atoms with Gasteiger partial charge in [-0.3, -0.25) is 10.1 Å². The number of hydrogen-bond donors (Lipinski definition) is 1. The molecular formula is C9H8BrNO5. The van der Waals surface area contributed by atoms with Crippen molar-refractivity contribution in [1.82, 2.24) is 0 Å². The molecule has 0 saturated carbocycles. The summed E-state index contributed by atoms with van der Waals surface area (Å²) in [5.74, 6) is -0.856. The molecule has 0 spiro atoms. The van der Waals surface area contributed by atoms with Crippen LogP contribution < -0.4 is 4.74 Å². The molecule has 0 fully saturated rings. The Kier molecular flexibility index (Phi) is 3.83. The van der Waals surface area contributed by atoms with E-state index in [-0.39, 0.29) is 11.4 Å². The van der Waals surface area contributed by atoms with Crippen LogP contribution >= 0.6 is 15.9 Å². The van der Waals surface area contributed by atoms with Crippen molar-refractivity contribution in [1.29, 1.82) is 0 Å². The lowest BCUT2D eigenvalue weighted by Crippen LogP contribution is -2.23. The minimum absolute atomic E-state index is 0.0952. The Morgan fingerprint density at radius 1 is 1.62 bits per heavy atom. The molecule has 0 aromatic heterocycles. The van der Waals surface area contributed by atoms with E-state index < -0.39 is 17.0 Å². The van der Waals surface area contributed by atoms with E-state index in [1.165, 1.54) is 25.1 Å². The van der Waals surface area contributed by atoms with Crippen LogP contribution in [0, 0.1) is 10.1 Å². The van der Waals surface area contributed by atoms with Gasteiger partial charge in [0.15, 0.2) is 6.10 Å². The summed E-state index contributed by atoms with van der Waals surface area (Å²) in [6.45, 7) is 1.37. The minimum Gasteiger partial charge on any atom is -0.479 e. The topological polar surface area (TPSA) is 89.7 Å². The number of benzene rings is 1. The molecule has 0 amide bonds. The second-order valence-electron chi connectivity index (χ2n) is 2.97. The van der Waals surface area contributed by atoms with Crippen molar-refractivity contribution >= 4 is 27.6 Å². The number of halogens is 1. The number of non-ortho nitro benzene ring substituents is 1. The number of rotatable bonds is 4. The number of carboxylic acids is 1. The van der Waals surface area contributed by atoms with Gasteiger partial charge in [0.2, 0.25) is 0 Å². The van der Waals surface area contributed by atoms with Crippen LogP contribution in [0.1, 0.15) is 6.92 Å². The van der Waals surface area contributed by atoms with Gasteiger partial charge in [-0.05, 0) is 28.9 Å². The first-order chi connectivity index (χ1) is 7.41. The lowest BCUT2D eigenvalue weighted by molar-refractivity contribution is -0.385. The number of hydrogen-bond acceptors (Lipinski definition) is 4. The standard InChI is InChI=1S/C9H8BrNO5/c1-5(9(12)13)16-8-3-2-6(11(14)15)4-7(8)10/h2-5H,1H3,(H,12,13). The molecule has 0 aliphatic heterocycles. The third-order valence-electron chi connectivity index (χ3n) is 1.78. The zero-order valence-corrected chi connectivity index (χ0v) is 9.80. The summed E-state index contributed by atoms with van der Waals surface area (Å²) in [5.41, 5.74) is -0.0952. The van der Waals surface area contributed by atoms with Crippen LogP contribution in [0.3, 0.4) is 0 Å². The van der Waals surface area contributed by atoms with Crippen LogP contribution in [0.25, 0.3) is 0 Å². The van der Waals surface area contributed by atoms with Gasteiger partial charge in [0.25, 0.3) is 5.69 Å². The average Bonchev–Trinajstić information content (AvgIpc) is 2.20. The maximum absolute atomic E-state index is 10.5. The molecule has 0 bridgehead atoms. The lowest BCUT2D eigenvalue weighted by atomic mass is 10.3. The summed E-state index contributed by atoms with van der Waals surface area (Å²) < 4.78 is 5.41. The molecule has 6 nitrogen and oxygen atoms in total. The Bertz CT molecular complexity index is 434. The van der Waals surface area contributed by atoms with E-state index in [2.05, 4.69) is 15.9 Å². The molecule has 1 N–H and O–H groups in total. The van der Waals surface area contributed by atoms with Crippen molar-refractivity contribution in [2.75, 3.05) is 0 Å². The van der Waals surface area contributed by atoms with Gasteiger partial charge < -0.3 is 9.84 Å². The Hall–Kier alpha value is -1.63. The van der Waals surface area contributed by atoms with Gasteiger partial charge in [0.05, 0.1) is 9.40 Å². The van der Waals surface area contributed by atoms with Crippen LogP contribution in [-0.4, -0.2) is 22.1 Å². The first-order valence-corrected chi connectivity index (χ1v) is 5.04. The number of nitro groups is 1. The monoisotopic (exact) mass is 289 g/mol. The second-order valence-corrected chi connectivity index (χ2v) is 3.82. The van der Waals surface area contributed by atoms with E-state index >= 15 is 0 Å². The average molecular weight is 290 g/mol. The molecule has 0 saturated heterocycles. The fourth-order valence-electron chi connectivity index (χ4n) is 0.940. The molecule has 1 aromatic rings. The summed E-state index contributed by atoms with van der Waals surface area (Å²) in [4.78, 5) is 20.4. The summed E-state index contributed by atoms with van der Waals surface area (Å²) in [6.07, 6.45) is -1.02. The number of carboxylic acid groups (broad SMARTS) is 1. The number of carbonyl (C=O) groups is 1. The van der Waals surface area contributed by atoms with Gasteiger partial charge in [-0.15, -0.1) is 0 Å². The van der Waals surface area contributed by atoms with Crippen LogP contribution in [0.4, 0.5) is 5.69 Å². The molecule has 7 heteroatoms. The molecule has 1 rings (SSSR count). The van der Waals surface area contributed by atoms with Crippen molar-refractivity contribution in [3.8, 4) is 5.75 Å². The quantitative estimate of drug-likeness (QED) is 0.678. The van der Waals surface area contributed by atoms with E-state index in [1.807, 2.05) is 0 Å². The molecule has 1 unspecified atom stereocenters. The van der Waals surface area contributed by atoms with Crippen molar-refractivity contribution in [2.24, 2.45) is 0 Å². The Labute approximate surface area is 99.1 Å². The fraction of sp³-hybridized carbons (Fsp3) is 0.222. The molecule has 0 radical (unpaired) electrons. The summed E-state index contributed by atoms with van der Waals surface area (Å²) >= 11 is 3.07. The van der Waals surface area contributed by atoms with Gasteiger partial charge in [-0.2, -0.15) is 0 Å². The highest BCUT2D eigenvalue weighted by Gasteiger charge is 2.16. The van der Waals surface area contributed by atoms with Crippen LogP contribution in [0.5, 0.6) is 5.75 Å². The summed E-state index contributed by atoms with van der Waals surface area (Å²) in [6, 6.07) is 3.85. The third kappa shape index (κ3) is 2.93. The number of nitrogens with zero attached hydrogens (tertiary/aromatic N) is 1. The highest BCUT2D eigenvalue weighted by molar-refractivity contribution is 9.10. The molecule has 1 atom stereocenters. The van der Waals surface area contributed by atoms with Gasteiger partial charge in [-0.1, -0.05) is 0 Å². The van der Waals surface area contributed by atoms with Gasteiger partial charge >= 0.3 is 5.97 Å².